The van der Waals surface area contributed by atoms with Gasteiger partial charge in [0.05, 0.1) is 5.69 Å². The standard InChI is InChI=1S/C21H28N4O2S/c1-13(2)11-17(22-19(26)15-8-6-5-7-14(15)3)20(27)24-21-23-16-9-10-25(4)12-18(16)28-21/h5-8,13,17H,9-12H2,1-4H3,(H,22,26)(H,23,24,27). The summed E-state index contributed by atoms with van der Waals surface area (Å²) >= 11 is 1.52. The fourth-order valence-corrected chi connectivity index (χ4v) is 4.43. The van der Waals surface area contributed by atoms with Crippen LogP contribution in [0.3, 0.4) is 0 Å². The van der Waals surface area contributed by atoms with Crippen LogP contribution >= 0.6 is 11.3 Å². The predicted octanol–water partition coefficient (Wildman–Crippen LogP) is 3.22. The zero-order valence-electron chi connectivity index (χ0n) is 16.9. The number of carbonyl (C=O) groups is 2. The fraction of sp³-hybridized carbons (Fsp3) is 0.476. The molecule has 1 atom stereocenters. The molecule has 0 radical (unpaired) electrons. The molecule has 1 aliphatic heterocycles. The maximum absolute atomic E-state index is 12.9. The van der Waals surface area contributed by atoms with Gasteiger partial charge in [-0.1, -0.05) is 32.0 Å². The monoisotopic (exact) mass is 400 g/mol. The van der Waals surface area contributed by atoms with Gasteiger partial charge in [0.25, 0.3) is 5.91 Å². The summed E-state index contributed by atoms with van der Waals surface area (Å²) in [5, 5.41) is 6.45. The Morgan fingerprint density at radius 3 is 2.75 bits per heavy atom. The van der Waals surface area contributed by atoms with Crippen LogP contribution in [0.1, 0.15) is 46.8 Å². The van der Waals surface area contributed by atoms with Crippen LogP contribution in [0.2, 0.25) is 0 Å². The third-order valence-corrected chi connectivity index (χ3v) is 5.87. The maximum Gasteiger partial charge on any atom is 0.252 e. The molecule has 150 valence electrons. The lowest BCUT2D eigenvalue weighted by Gasteiger charge is -2.20. The van der Waals surface area contributed by atoms with E-state index >= 15 is 0 Å². The molecule has 0 saturated heterocycles. The number of nitrogens with zero attached hydrogens (tertiary/aromatic N) is 2. The number of hydrogen-bond acceptors (Lipinski definition) is 5. The van der Waals surface area contributed by atoms with Crippen molar-refractivity contribution in [3.63, 3.8) is 0 Å². The van der Waals surface area contributed by atoms with Gasteiger partial charge < -0.3 is 15.5 Å². The van der Waals surface area contributed by atoms with Crippen molar-refractivity contribution in [3.05, 3.63) is 46.0 Å². The molecule has 1 aromatic carbocycles. The summed E-state index contributed by atoms with van der Waals surface area (Å²) in [7, 11) is 2.08. The van der Waals surface area contributed by atoms with Gasteiger partial charge in [-0.15, -0.1) is 11.3 Å². The summed E-state index contributed by atoms with van der Waals surface area (Å²) in [6, 6.07) is 6.79. The molecule has 0 aliphatic carbocycles. The summed E-state index contributed by atoms with van der Waals surface area (Å²) in [5.41, 5.74) is 2.56. The molecule has 1 unspecified atom stereocenters. The zero-order chi connectivity index (χ0) is 20.3. The van der Waals surface area contributed by atoms with E-state index in [0.29, 0.717) is 17.1 Å². The summed E-state index contributed by atoms with van der Waals surface area (Å²) < 4.78 is 0. The first-order chi connectivity index (χ1) is 13.3. The number of amides is 2. The summed E-state index contributed by atoms with van der Waals surface area (Å²) in [4.78, 5) is 33.6. The van der Waals surface area contributed by atoms with Crippen LogP contribution in [0.4, 0.5) is 5.13 Å². The van der Waals surface area contributed by atoms with Gasteiger partial charge >= 0.3 is 0 Å². The molecule has 0 fully saturated rings. The Hall–Kier alpha value is -2.25. The maximum atomic E-state index is 12.9. The second-order valence-corrected chi connectivity index (χ2v) is 8.92. The van der Waals surface area contributed by atoms with Gasteiger partial charge in [-0.05, 0) is 37.9 Å². The molecule has 2 N–H and O–H groups in total. The number of thiazole rings is 1. The lowest BCUT2D eigenvalue weighted by molar-refractivity contribution is -0.118. The van der Waals surface area contributed by atoms with Crippen LogP contribution in [-0.2, 0) is 17.8 Å². The number of aromatic nitrogens is 1. The molecule has 0 bridgehead atoms. The van der Waals surface area contributed by atoms with E-state index in [0.717, 1.165) is 30.8 Å². The normalized spacial score (nSPS) is 15.2. The van der Waals surface area contributed by atoms with Crippen LogP contribution < -0.4 is 10.6 Å². The van der Waals surface area contributed by atoms with E-state index in [9.17, 15) is 9.59 Å². The van der Waals surface area contributed by atoms with Crippen LogP contribution in [0.5, 0.6) is 0 Å². The molecular weight excluding hydrogens is 372 g/mol. The predicted molar refractivity (Wildman–Crippen MR) is 113 cm³/mol. The molecule has 7 heteroatoms. The first-order valence-corrected chi connectivity index (χ1v) is 10.5. The Balaban J connectivity index is 1.71. The first kappa shape index (κ1) is 20.5. The SMILES string of the molecule is Cc1ccccc1C(=O)NC(CC(C)C)C(=O)Nc1nc2c(s1)CN(C)CC2. The number of anilines is 1. The first-order valence-electron chi connectivity index (χ1n) is 9.68. The number of hydrogen-bond donors (Lipinski definition) is 2. The Morgan fingerprint density at radius 1 is 1.29 bits per heavy atom. The number of nitrogens with one attached hydrogen (secondary N) is 2. The molecule has 3 rings (SSSR count). The van der Waals surface area contributed by atoms with Crippen molar-refractivity contribution in [2.24, 2.45) is 5.92 Å². The van der Waals surface area contributed by atoms with E-state index in [1.165, 1.54) is 16.2 Å². The highest BCUT2D eigenvalue weighted by atomic mass is 32.1. The Bertz CT molecular complexity index is 862. The van der Waals surface area contributed by atoms with Gasteiger partial charge in [-0.25, -0.2) is 4.98 Å². The summed E-state index contributed by atoms with van der Waals surface area (Å²) in [5.74, 6) is -0.167. The van der Waals surface area contributed by atoms with E-state index in [4.69, 9.17) is 0 Å². The van der Waals surface area contributed by atoms with Gasteiger partial charge in [-0.3, -0.25) is 9.59 Å². The van der Waals surface area contributed by atoms with Crippen molar-refractivity contribution in [3.8, 4) is 0 Å². The lowest BCUT2D eigenvalue weighted by atomic mass is 10.0. The number of rotatable bonds is 6. The second kappa shape index (κ2) is 8.84. The van der Waals surface area contributed by atoms with Crippen LogP contribution in [0.25, 0.3) is 0 Å². The molecule has 0 spiro atoms. The number of aryl methyl sites for hydroxylation is 1. The molecule has 6 nitrogen and oxygen atoms in total. The molecule has 2 aromatic rings. The van der Waals surface area contributed by atoms with Gasteiger partial charge in [-0.2, -0.15) is 0 Å². The fourth-order valence-electron chi connectivity index (χ4n) is 3.34. The molecule has 0 saturated carbocycles. The number of carbonyl (C=O) groups excluding carboxylic acids is 2. The minimum atomic E-state index is -0.601. The van der Waals surface area contributed by atoms with E-state index in [1.54, 1.807) is 6.07 Å². The van der Waals surface area contributed by atoms with Crippen molar-refractivity contribution in [1.29, 1.82) is 0 Å². The minimum Gasteiger partial charge on any atom is -0.340 e. The molecule has 28 heavy (non-hydrogen) atoms. The lowest BCUT2D eigenvalue weighted by Crippen LogP contribution is -2.44. The van der Waals surface area contributed by atoms with Crippen molar-refractivity contribution in [1.82, 2.24) is 15.2 Å². The van der Waals surface area contributed by atoms with Crippen molar-refractivity contribution in [2.45, 2.75) is 46.2 Å². The third kappa shape index (κ3) is 4.97. The van der Waals surface area contributed by atoms with Gasteiger partial charge in [0, 0.05) is 30.0 Å². The average Bonchev–Trinajstić information content (AvgIpc) is 3.02. The van der Waals surface area contributed by atoms with Crippen LogP contribution in [-0.4, -0.2) is 41.3 Å². The van der Waals surface area contributed by atoms with Gasteiger partial charge in [0.15, 0.2) is 5.13 Å². The highest BCUT2D eigenvalue weighted by molar-refractivity contribution is 7.15. The minimum absolute atomic E-state index is 0.213. The van der Waals surface area contributed by atoms with E-state index in [2.05, 4.69) is 27.6 Å². The van der Waals surface area contributed by atoms with Crippen molar-refractivity contribution in [2.75, 3.05) is 18.9 Å². The Kier molecular flexibility index (Phi) is 6.46. The van der Waals surface area contributed by atoms with E-state index in [1.807, 2.05) is 39.0 Å². The number of fused-ring (bicyclic) bond motifs is 1. The van der Waals surface area contributed by atoms with Gasteiger partial charge in [0.1, 0.15) is 6.04 Å². The van der Waals surface area contributed by atoms with Crippen molar-refractivity contribution >= 4 is 28.3 Å². The smallest absolute Gasteiger partial charge is 0.252 e. The Morgan fingerprint density at radius 2 is 2.04 bits per heavy atom. The zero-order valence-corrected chi connectivity index (χ0v) is 17.7. The summed E-state index contributed by atoms with van der Waals surface area (Å²) in [6.45, 7) is 7.81. The van der Waals surface area contributed by atoms with E-state index < -0.39 is 6.04 Å². The molecular formula is C21H28N4O2S. The quantitative estimate of drug-likeness (QED) is 0.781. The highest BCUT2D eigenvalue weighted by Crippen LogP contribution is 2.28. The highest BCUT2D eigenvalue weighted by Gasteiger charge is 2.25. The van der Waals surface area contributed by atoms with Crippen molar-refractivity contribution < 1.29 is 9.59 Å². The van der Waals surface area contributed by atoms with Crippen LogP contribution in [0, 0.1) is 12.8 Å². The number of likely N-dealkylation sites (N-methyl/N-ethyl adjacent to an activating group) is 1. The van der Waals surface area contributed by atoms with E-state index in [-0.39, 0.29) is 17.7 Å². The third-order valence-electron chi connectivity index (χ3n) is 4.87. The topological polar surface area (TPSA) is 74.3 Å². The molecule has 2 heterocycles. The molecule has 1 aliphatic rings. The molecule has 2 amide bonds. The average molecular weight is 401 g/mol. The summed E-state index contributed by atoms with van der Waals surface area (Å²) in [6.07, 6.45) is 1.47. The molecule has 1 aromatic heterocycles. The number of benzene rings is 1. The van der Waals surface area contributed by atoms with Crippen LogP contribution in [0.15, 0.2) is 24.3 Å². The largest absolute Gasteiger partial charge is 0.340 e. The Labute approximate surface area is 170 Å². The van der Waals surface area contributed by atoms with Gasteiger partial charge in [0.2, 0.25) is 5.91 Å². The second-order valence-electron chi connectivity index (χ2n) is 7.84.